The number of hydrogen-bond donors (Lipinski definition) is 0. The molecule has 0 spiro atoms. The summed E-state index contributed by atoms with van der Waals surface area (Å²) in [7, 11) is 0. The zero-order chi connectivity index (χ0) is 16.4. The molecule has 120 valence electrons. The number of para-hydroxylation sites is 1. The van der Waals surface area contributed by atoms with Gasteiger partial charge in [-0.15, -0.1) is 0 Å². The third kappa shape index (κ3) is 2.58. The molecule has 3 aromatic rings. The Morgan fingerprint density at radius 3 is 2.62 bits per heavy atom. The van der Waals surface area contributed by atoms with E-state index in [-0.39, 0.29) is 11.9 Å². The lowest BCUT2D eigenvalue weighted by atomic mass is 10.0. The van der Waals surface area contributed by atoms with E-state index in [2.05, 4.69) is 22.2 Å². The van der Waals surface area contributed by atoms with E-state index in [1.807, 2.05) is 47.4 Å². The monoisotopic (exact) mass is 318 g/mol. The van der Waals surface area contributed by atoms with Crippen molar-refractivity contribution >= 4 is 5.91 Å². The van der Waals surface area contributed by atoms with Crippen molar-refractivity contribution in [1.29, 1.82) is 0 Å². The third-order valence-corrected chi connectivity index (χ3v) is 4.50. The van der Waals surface area contributed by atoms with Crippen molar-refractivity contribution in [3.8, 4) is 5.69 Å². The highest BCUT2D eigenvalue weighted by Gasteiger charge is 2.31. The molecular formula is C19H18N4O. The second kappa shape index (κ2) is 6.28. The summed E-state index contributed by atoms with van der Waals surface area (Å²) in [6, 6.07) is 18.0. The lowest BCUT2D eigenvalue weighted by molar-refractivity contribution is 0.0735. The van der Waals surface area contributed by atoms with Crippen molar-refractivity contribution in [1.82, 2.24) is 19.7 Å². The van der Waals surface area contributed by atoms with Gasteiger partial charge >= 0.3 is 0 Å². The zero-order valence-corrected chi connectivity index (χ0v) is 13.2. The van der Waals surface area contributed by atoms with Gasteiger partial charge in [-0.25, -0.2) is 9.67 Å². The van der Waals surface area contributed by atoms with Crippen molar-refractivity contribution in [3.05, 3.63) is 78.4 Å². The fourth-order valence-corrected chi connectivity index (χ4v) is 3.37. The molecule has 1 aliphatic rings. The molecule has 0 radical (unpaired) electrons. The molecule has 0 unspecified atom stereocenters. The smallest absolute Gasteiger partial charge is 0.256 e. The maximum absolute atomic E-state index is 13.2. The Kier molecular flexibility index (Phi) is 3.83. The first-order valence-electron chi connectivity index (χ1n) is 8.14. The minimum absolute atomic E-state index is 0.0486. The second-order valence-electron chi connectivity index (χ2n) is 5.92. The summed E-state index contributed by atoms with van der Waals surface area (Å²) in [4.78, 5) is 19.2. The first kappa shape index (κ1) is 14.6. The molecule has 4 rings (SSSR count). The van der Waals surface area contributed by atoms with Gasteiger partial charge in [-0.2, -0.15) is 5.10 Å². The molecule has 5 heteroatoms. The largest absolute Gasteiger partial charge is 0.332 e. The summed E-state index contributed by atoms with van der Waals surface area (Å²) in [6.45, 7) is 0.782. The molecule has 1 atom stereocenters. The Labute approximate surface area is 140 Å². The molecule has 1 fully saturated rings. The van der Waals surface area contributed by atoms with E-state index in [9.17, 15) is 4.79 Å². The number of likely N-dealkylation sites (tertiary alicyclic amines) is 1. The van der Waals surface area contributed by atoms with Gasteiger partial charge in [0.15, 0.2) is 0 Å². The van der Waals surface area contributed by atoms with Crippen LogP contribution in [0.3, 0.4) is 0 Å². The maximum Gasteiger partial charge on any atom is 0.256 e. The SMILES string of the molecule is O=C(c1ccccc1-n1cncn1)N1CCC[C@@H]1c1ccccc1. The van der Waals surface area contributed by atoms with Crippen LogP contribution in [-0.4, -0.2) is 32.1 Å². The van der Waals surface area contributed by atoms with Gasteiger partial charge in [0.25, 0.3) is 5.91 Å². The van der Waals surface area contributed by atoms with Crippen LogP contribution in [0.1, 0.15) is 34.8 Å². The lowest BCUT2D eigenvalue weighted by Gasteiger charge is -2.26. The average Bonchev–Trinajstić information content (AvgIpc) is 3.33. The minimum atomic E-state index is 0.0486. The second-order valence-corrected chi connectivity index (χ2v) is 5.92. The van der Waals surface area contributed by atoms with E-state index in [4.69, 9.17) is 0 Å². The first-order chi connectivity index (χ1) is 11.8. The van der Waals surface area contributed by atoms with Crippen molar-refractivity contribution in [3.63, 3.8) is 0 Å². The number of rotatable bonds is 3. The molecule has 1 aromatic heterocycles. The lowest BCUT2D eigenvalue weighted by Crippen LogP contribution is -2.31. The fraction of sp³-hybridized carbons (Fsp3) is 0.211. The third-order valence-electron chi connectivity index (χ3n) is 4.50. The molecule has 24 heavy (non-hydrogen) atoms. The number of amides is 1. The standard InChI is InChI=1S/C19H18N4O/c24-19(16-9-4-5-10-18(16)23-14-20-13-21-23)22-12-6-11-17(22)15-7-2-1-3-8-15/h1-5,7-10,13-14,17H,6,11-12H2/t17-/m1/s1. The quantitative estimate of drug-likeness (QED) is 0.745. The van der Waals surface area contributed by atoms with Crippen LogP contribution >= 0.6 is 0 Å². The van der Waals surface area contributed by atoms with Crippen LogP contribution in [0.2, 0.25) is 0 Å². The zero-order valence-electron chi connectivity index (χ0n) is 13.2. The summed E-state index contributed by atoms with van der Waals surface area (Å²) >= 11 is 0. The molecule has 0 N–H and O–H groups in total. The van der Waals surface area contributed by atoms with Crippen molar-refractivity contribution in [2.45, 2.75) is 18.9 Å². The molecule has 1 aliphatic heterocycles. The summed E-state index contributed by atoms with van der Waals surface area (Å²) in [5.74, 6) is 0.0486. The first-order valence-corrected chi connectivity index (χ1v) is 8.14. The predicted molar refractivity (Wildman–Crippen MR) is 90.8 cm³/mol. The number of carbonyl (C=O) groups is 1. The van der Waals surface area contributed by atoms with E-state index < -0.39 is 0 Å². The van der Waals surface area contributed by atoms with Gasteiger partial charge in [-0.05, 0) is 30.5 Å². The van der Waals surface area contributed by atoms with Crippen molar-refractivity contribution in [2.75, 3.05) is 6.54 Å². The summed E-state index contributed by atoms with van der Waals surface area (Å²) in [5, 5.41) is 4.17. The summed E-state index contributed by atoms with van der Waals surface area (Å²) < 4.78 is 1.64. The Bertz CT molecular complexity index is 830. The molecule has 2 aromatic carbocycles. The van der Waals surface area contributed by atoms with Gasteiger partial charge in [-0.3, -0.25) is 4.79 Å². The number of carbonyl (C=O) groups excluding carboxylic acids is 1. The Morgan fingerprint density at radius 1 is 1.04 bits per heavy atom. The Morgan fingerprint density at radius 2 is 1.83 bits per heavy atom. The average molecular weight is 318 g/mol. The molecule has 2 heterocycles. The minimum Gasteiger partial charge on any atom is -0.332 e. The van der Waals surface area contributed by atoms with E-state index in [0.717, 1.165) is 25.1 Å². The van der Waals surface area contributed by atoms with E-state index in [0.29, 0.717) is 5.56 Å². The molecule has 0 bridgehead atoms. The van der Waals surface area contributed by atoms with Crippen LogP contribution in [0.25, 0.3) is 5.69 Å². The van der Waals surface area contributed by atoms with Crippen LogP contribution in [0, 0.1) is 0 Å². The number of nitrogens with zero attached hydrogens (tertiary/aromatic N) is 4. The van der Waals surface area contributed by atoms with E-state index in [1.165, 1.54) is 11.9 Å². The normalized spacial score (nSPS) is 17.2. The fourth-order valence-electron chi connectivity index (χ4n) is 3.37. The molecule has 0 aliphatic carbocycles. The highest BCUT2D eigenvalue weighted by atomic mass is 16.2. The van der Waals surface area contributed by atoms with Gasteiger partial charge in [0.05, 0.1) is 17.3 Å². The van der Waals surface area contributed by atoms with E-state index in [1.54, 1.807) is 11.0 Å². The van der Waals surface area contributed by atoms with Gasteiger partial charge in [-0.1, -0.05) is 42.5 Å². The highest BCUT2D eigenvalue weighted by Crippen LogP contribution is 2.33. The molecular weight excluding hydrogens is 300 g/mol. The van der Waals surface area contributed by atoms with Crippen LogP contribution in [0.15, 0.2) is 67.3 Å². The highest BCUT2D eigenvalue weighted by molar-refractivity contribution is 5.98. The number of benzene rings is 2. The van der Waals surface area contributed by atoms with Gasteiger partial charge < -0.3 is 4.90 Å². The Hall–Kier alpha value is -2.95. The van der Waals surface area contributed by atoms with Crippen molar-refractivity contribution < 1.29 is 4.79 Å². The molecule has 1 amide bonds. The predicted octanol–water partition coefficient (Wildman–Crippen LogP) is 3.24. The molecule has 1 saturated heterocycles. The number of aromatic nitrogens is 3. The number of hydrogen-bond acceptors (Lipinski definition) is 3. The maximum atomic E-state index is 13.2. The van der Waals surface area contributed by atoms with Gasteiger partial charge in [0, 0.05) is 6.54 Å². The summed E-state index contributed by atoms with van der Waals surface area (Å²) in [6.07, 6.45) is 5.12. The van der Waals surface area contributed by atoms with Gasteiger partial charge in [0.2, 0.25) is 0 Å². The van der Waals surface area contributed by atoms with Crippen molar-refractivity contribution in [2.24, 2.45) is 0 Å². The summed E-state index contributed by atoms with van der Waals surface area (Å²) in [5.41, 5.74) is 2.62. The Balaban J connectivity index is 1.69. The molecule has 5 nitrogen and oxygen atoms in total. The van der Waals surface area contributed by atoms with Crippen LogP contribution in [0.5, 0.6) is 0 Å². The topological polar surface area (TPSA) is 51.0 Å². The van der Waals surface area contributed by atoms with Crippen LogP contribution in [0.4, 0.5) is 0 Å². The van der Waals surface area contributed by atoms with Crippen LogP contribution in [-0.2, 0) is 0 Å². The molecule has 0 saturated carbocycles. The van der Waals surface area contributed by atoms with Crippen LogP contribution < -0.4 is 0 Å². The van der Waals surface area contributed by atoms with Gasteiger partial charge in [0.1, 0.15) is 12.7 Å². The van der Waals surface area contributed by atoms with E-state index >= 15 is 0 Å².